The first kappa shape index (κ1) is 32.3. The van der Waals surface area contributed by atoms with Crippen molar-refractivity contribution in [3.63, 3.8) is 0 Å². The average molecular weight is 575 g/mol. The van der Waals surface area contributed by atoms with E-state index in [9.17, 15) is 39.4 Å². The molecule has 2 rings (SSSR count). The van der Waals surface area contributed by atoms with Gasteiger partial charge in [-0.1, -0.05) is 19.3 Å². The van der Waals surface area contributed by atoms with Crippen molar-refractivity contribution in [2.75, 3.05) is 26.4 Å². The summed E-state index contributed by atoms with van der Waals surface area (Å²) in [5, 5.41) is 21.3. The third-order valence-electron chi connectivity index (χ3n) is 5.55. The Morgan fingerprint density at radius 1 is 0.512 bits per heavy atom. The number of carbonyl (C=O) groups excluding carboxylic acids is 4. The van der Waals surface area contributed by atoms with E-state index in [0.29, 0.717) is 12.8 Å². The number of nitro groups is 2. The van der Waals surface area contributed by atoms with Gasteiger partial charge in [0.05, 0.1) is 21.0 Å². The second-order valence-electron chi connectivity index (χ2n) is 8.59. The number of nitrogens with zero attached hydrogens (tertiary/aromatic N) is 2. The Kier molecular flexibility index (Phi) is 13.9. The average Bonchev–Trinajstić information content (AvgIpc) is 2.96. The molecule has 2 aromatic carbocycles. The maximum Gasteiger partial charge on any atom is 0.338 e. The Bertz CT molecular complexity index is 1100. The van der Waals surface area contributed by atoms with Crippen LogP contribution < -0.4 is 0 Å². The number of hydrogen-bond donors (Lipinski definition) is 0. The summed E-state index contributed by atoms with van der Waals surface area (Å²) in [7, 11) is 0. The number of hydrogen-bond acceptors (Lipinski definition) is 12. The van der Waals surface area contributed by atoms with Gasteiger partial charge in [0.15, 0.2) is 0 Å². The van der Waals surface area contributed by atoms with E-state index in [4.69, 9.17) is 18.9 Å². The number of esters is 4. The molecule has 0 heterocycles. The molecule has 0 aliphatic heterocycles. The van der Waals surface area contributed by atoms with Crippen molar-refractivity contribution in [1.82, 2.24) is 0 Å². The van der Waals surface area contributed by atoms with Crippen molar-refractivity contribution in [1.29, 1.82) is 0 Å². The van der Waals surface area contributed by atoms with Crippen LogP contribution in [-0.4, -0.2) is 60.2 Å². The van der Waals surface area contributed by atoms with E-state index in [0.717, 1.165) is 19.3 Å². The molecule has 41 heavy (non-hydrogen) atoms. The van der Waals surface area contributed by atoms with Crippen LogP contribution in [0.15, 0.2) is 48.5 Å². The second kappa shape index (κ2) is 17.7. The van der Waals surface area contributed by atoms with Gasteiger partial charge >= 0.3 is 23.9 Å². The highest BCUT2D eigenvalue weighted by molar-refractivity contribution is 5.90. The molecule has 14 nitrogen and oxygen atoms in total. The van der Waals surface area contributed by atoms with Crippen molar-refractivity contribution in [3.05, 3.63) is 79.9 Å². The number of non-ortho nitro benzene ring substituents is 2. The van der Waals surface area contributed by atoms with Crippen LogP contribution in [0.3, 0.4) is 0 Å². The van der Waals surface area contributed by atoms with Gasteiger partial charge in [0.25, 0.3) is 11.4 Å². The van der Waals surface area contributed by atoms with Gasteiger partial charge < -0.3 is 18.9 Å². The number of carbonyl (C=O) groups is 4. The molecular formula is C27H30N2O12. The van der Waals surface area contributed by atoms with Gasteiger partial charge in [-0.3, -0.25) is 29.8 Å². The van der Waals surface area contributed by atoms with Crippen molar-refractivity contribution in [2.45, 2.75) is 44.9 Å². The molecule has 0 saturated carbocycles. The minimum Gasteiger partial charge on any atom is -0.462 e. The number of unbranched alkanes of at least 4 members (excludes halogenated alkanes) is 4. The first-order valence-electron chi connectivity index (χ1n) is 12.8. The molecule has 220 valence electrons. The quantitative estimate of drug-likeness (QED) is 0.0805. The predicted octanol–water partition coefficient (Wildman–Crippen LogP) is 4.33. The van der Waals surface area contributed by atoms with Gasteiger partial charge in [0.1, 0.15) is 26.4 Å². The summed E-state index contributed by atoms with van der Waals surface area (Å²) in [6.45, 7) is -0.481. The van der Waals surface area contributed by atoms with E-state index in [1.165, 1.54) is 48.5 Å². The molecule has 0 N–H and O–H groups in total. The van der Waals surface area contributed by atoms with Crippen LogP contribution in [0.25, 0.3) is 0 Å². The molecule has 0 atom stereocenters. The summed E-state index contributed by atoms with van der Waals surface area (Å²) < 4.78 is 20.0. The van der Waals surface area contributed by atoms with Gasteiger partial charge in [-0.05, 0) is 37.1 Å². The van der Waals surface area contributed by atoms with Gasteiger partial charge in [0, 0.05) is 37.1 Å². The van der Waals surface area contributed by atoms with Crippen LogP contribution in [0.5, 0.6) is 0 Å². The minimum absolute atomic E-state index is 0.101. The van der Waals surface area contributed by atoms with Crippen LogP contribution >= 0.6 is 0 Å². The fourth-order valence-corrected chi connectivity index (χ4v) is 3.40. The molecule has 0 aromatic heterocycles. The van der Waals surface area contributed by atoms with Crippen LogP contribution in [0, 0.1) is 20.2 Å². The van der Waals surface area contributed by atoms with Crippen molar-refractivity contribution in [2.24, 2.45) is 0 Å². The molecule has 0 radical (unpaired) electrons. The lowest BCUT2D eigenvalue weighted by molar-refractivity contribution is -0.385. The number of rotatable bonds is 18. The van der Waals surface area contributed by atoms with Gasteiger partial charge in [-0.2, -0.15) is 0 Å². The summed E-state index contributed by atoms with van der Waals surface area (Å²) in [5.74, 6) is -2.20. The lowest BCUT2D eigenvalue weighted by atomic mass is 10.1. The molecule has 0 spiro atoms. The zero-order chi connectivity index (χ0) is 30.0. The van der Waals surface area contributed by atoms with Crippen LogP contribution in [0.2, 0.25) is 0 Å². The molecule has 0 amide bonds. The highest BCUT2D eigenvalue weighted by atomic mass is 16.6. The Labute approximate surface area is 234 Å². The SMILES string of the molecule is O=C(CCCCCCCC(=O)OCCOC(=O)c1ccc([N+](=O)[O-])cc1)OCCOC(=O)c1ccc([N+](=O)[O-])cc1. The number of ether oxygens (including phenoxy) is 4. The fourth-order valence-electron chi connectivity index (χ4n) is 3.40. The van der Waals surface area contributed by atoms with Crippen LogP contribution in [0.1, 0.15) is 65.7 Å². The van der Waals surface area contributed by atoms with E-state index < -0.39 is 33.7 Å². The Morgan fingerprint density at radius 2 is 0.829 bits per heavy atom. The highest BCUT2D eigenvalue weighted by Crippen LogP contribution is 2.14. The van der Waals surface area contributed by atoms with Crippen molar-refractivity contribution < 1.29 is 48.0 Å². The van der Waals surface area contributed by atoms with E-state index in [1.807, 2.05) is 0 Å². The lowest BCUT2D eigenvalue weighted by Crippen LogP contribution is -2.14. The van der Waals surface area contributed by atoms with E-state index in [-0.39, 0.29) is 61.8 Å². The van der Waals surface area contributed by atoms with Gasteiger partial charge in [-0.25, -0.2) is 9.59 Å². The van der Waals surface area contributed by atoms with E-state index >= 15 is 0 Å². The smallest absolute Gasteiger partial charge is 0.338 e. The Morgan fingerprint density at radius 3 is 1.17 bits per heavy atom. The summed E-state index contributed by atoms with van der Waals surface area (Å²) in [6.07, 6.45) is 3.95. The molecule has 0 aliphatic rings. The summed E-state index contributed by atoms with van der Waals surface area (Å²) in [4.78, 5) is 67.4. The van der Waals surface area contributed by atoms with Crippen molar-refractivity contribution in [3.8, 4) is 0 Å². The van der Waals surface area contributed by atoms with Gasteiger partial charge in [-0.15, -0.1) is 0 Å². The Balaban J connectivity index is 1.42. The summed E-state index contributed by atoms with van der Waals surface area (Å²) in [6, 6.07) is 9.89. The monoisotopic (exact) mass is 574 g/mol. The molecule has 0 aliphatic carbocycles. The second-order valence-corrected chi connectivity index (χ2v) is 8.59. The molecule has 0 bridgehead atoms. The maximum atomic E-state index is 11.9. The highest BCUT2D eigenvalue weighted by Gasteiger charge is 2.12. The number of benzene rings is 2. The molecule has 0 unspecified atom stereocenters. The van der Waals surface area contributed by atoms with Crippen LogP contribution in [0.4, 0.5) is 11.4 Å². The normalized spacial score (nSPS) is 10.3. The Hall–Kier alpha value is -4.88. The molecule has 2 aromatic rings. The van der Waals surface area contributed by atoms with E-state index in [2.05, 4.69) is 0 Å². The third-order valence-corrected chi connectivity index (χ3v) is 5.55. The largest absolute Gasteiger partial charge is 0.462 e. The first-order chi connectivity index (χ1) is 19.7. The topological polar surface area (TPSA) is 191 Å². The molecular weight excluding hydrogens is 544 g/mol. The first-order valence-corrected chi connectivity index (χ1v) is 12.8. The third kappa shape index (κ3) is 12.7. The zero-order valence-corrected chi connectivity index (χ0v) is 22.2. The fraction of sp³-hybridized carbons (Fsp3) is 0.407. The lowest BCUT2D eigenvalue weighted by Gasteiger charge is -2.07. The van der Waals surface area contributed by atoms with Crippen LogP contribution in [-0.2, 0) is 28.5 Å². The van der Waals surface area contributed by atoms with E-state index in [1.54, 1.807) is 0 Å². The molecule has 14 heteroatoms. The van der Waals surface area contributed by atoms with Crippen molar-refractivity contribution >= 4 is 35.3 Å². The minimum atomic E-state index is -0.678. The maximum absolute atomic E-state index is 11.9. The summed E-state index contributed by atoms with van der Waals surface area (Å²) in [5.41, 5.74) is 0.0144. The zero-order valence-electron chi connectivity index (χ0n) is 22.2. The van der Waals surface area contributed by atoms with Gasteiger partial charge in [0.2, 0.25) is 0 Å². The number of nitro benzene ring substituents is 2. The molecule has 0 fully saturated rings. The molecule has 0 saturated heterocycles. The summed E-state index contributed by atoms with van der Waals surface area (Å²) >= 11 is 0. The standard InChI is InChI=1S/C27H30N2O12/c30-24(38-16-18-40-26(32)20-8-12-22(13-9-20)28(34)35)6-4-2-1-3-5-7-25(31)39-17-19-41-27(33)21-10-14-23(15-11-21)29(36)37/h8-15H,1-7,16-19H2. The predicted molar refractivity (Wildman–Crippen MR) is 141 cm³/mol.